The highest BCUT2D eigenvalue weighted by atomic mass is 32.2. The van der Waals surface area contributed by atoms with Gasteiger partial charge in [-0.1, -0.05) is 35.5 Å². The molecule has 0 aliphatic carbocycles. The quantitative estimate of drug-likeness (QED) is 0.529. The Bertz CT molecular complexity index is 1050. The van der Waals surface area contributed by atoms with Gasteiger partial charge in [0.15, 0.2) is 16.4 Å². The van der Waals surface area contributed by atoms with E-state index in [9.17, 15) is 13.2 Å². The number of hydrogen-bond acceptors (Lipinski definition) is 8. The lowest BCUT2D eigenvalue weighted by Crippen LogP contribution is -2.13. The molecule has 0 unspecified atom stereocenters. The first-order chi connectivity index (χ1) is 13.5. The molecule has 3 aromatic rings. The fourth-order valence-electron chi connectivity index (χ4n) is 2.43. The van der Waals surface area contributed by atoms with Crippen LogP contribution in [0, 0.1) is 0 Å². The first-order valence-electron chi connectivity index (χ1n) is 8.39. The standard InChI is InChI=1S/C19H18N2O6S/c1-25-16-10-6-5-9-15(16)19-20-17(27-21-19)13-26-18(22)11-12-28(23,24)14-7-3-2-4-8-14/h2-10H,11-13H2,1H3. The van der Waals surface area contributed by atoms with E-state index in [0.29, 0.717) is 17.1 Å². The maximum Gasteiger partial charge on any atom is 0.307 e. The molecule has 0 fully saturated rings. The number of rotatable bonds is 8. The van der Waals surface area contributed by atoms with Crippen LogP contribution in [0.2, 0.25) is 0 Å². The second kappa shape index (κ2) is 8.66. The van der Waals surface area contributed by atoms with Crippen LogP contribution in [0.3, 0.4) is 0 Å². The van der Waals surface area contributed by atoms with Crippen molar-refractivity contribution in [3.63, 3.8) is 0 Å². The van der Waals surface area contributed by atoms with Gasteiger partial charge < -0.3 is 14.0 Å². The minimum atomic E-state index is -3.54. The Kier molecular flexibility index (Phi) is 6.05. The highest BCUT2D eigenvalue weighted by molar-refractivity contribution is 7.91. The van der Waals surface area contributed by atoms with Crippen molar-refractivity contribution in [2.24, 2.45) is 0 Å². The van der Waals surface area contributed by atoms with E-state index < -0.39 is 15.8 Å². The van der Waals surface area contributed by atoms with E-state index in [1.807, 2.05) is 6.07 Å². The van der Waals surface area contributed by atoms with E-state index in [-0.39, 0.29) is 29.6 Å². The first kappa shape index (κ1) is 19.6. The average Bonchev–Trinajstić information content (AvgIpc) is 3.20. The van der Waals surface area contributed by atoms with E-state index in [4.69, 9.17) is 14.0 Å². The van der Waals surface area contributed by atoms with Gasteiger partial charge in [-0.3, -0.25) is 4.79 Å². The molecule has 1 aromatic heterocycles. The molecule has 0 saturated carbocycles. The Morgan fingerprint density at radius 1 is 1.07 bits per heavy atom. The summed E-state index contributed by atoms with van der Waals surface area (Å²) in [6.07, 6.45) is -0.273. The van der Waals surface area contributed by atoms with Crippen molar-refractivity contribution in [2.75, 3.05) is 12.9 Å². The lowest BCUT2D eigenvalue weighted by molar-refractivity contribution is -0.145. The molecule has 0 spiro atoms. The smallest absolute Gasteiger partial charge is 0.307 e. The summed E-state index contributed by atoms with van der Waals surface area (Å²) < 4.78 is 39.7. The number of nitrogens with zero attached hydrogens (tertiary/aromatic N) is 2. The molecule has 0 aliphatic rings. The first-order valence-corrected chi connectivity index (χ1v) is 10.0. The largest absolute Gasteiger partial charge is 0.496 e. The number of sulfone groups is 1. The molecule has 0 atom stereocenters. The van der Waals surface area contributed by atoms with Crippen LogP contribution in [-0.2, 0) is 26.0 Å². The highest BCUT2D eigenvalue weighted by Gasteiger charge is 2.18. The Morgan fingerprint density at radius 2 is 1.79 bits per heavy atom. The fraction of sp³-hybridized carbons (Fsp3) is 0.211. The number of esters is 1. The van der Waals surface area contributed by atoms with E-state index in [1.54, 1.807) is 36.4 Å². The normalized spacial score (nSPS) is 11.2. The SMILES string of the molecule is COc1ccccc1-c1noc(COC(=O)CCS(=O)(=O)c2ccccc2)n1. The monoisotopic (exact) mass is 402 g/mol. The molecular weight excluding hydrogens is 384 g/mol. The summed E-state index contributed by atoms with van der Waals surface area (Å²) in [5, 5.41) is 3.84. The highest BCUT2D eigenvalue weighted by Crippen LogP contribution is 2.27. The Labute approximate surface area is 162 Å². The summed E-state index contributed by atoms with van der Waals surface area (Å²) in [7, 11) is -2.01. The summed E-state index contributed by atoms with van der Waals surface area (Å²) in [5.74, 6) is -0.0311. The molecular formula is C19H18N2O6S. The average molecular weight is 402 g/mol. The van der Waals surface area contributed by atoms with Crippen LogP contribution in [0.1, 0.15) is 12.3 Å². The lowest BCUT2D eigenvalue weighted by atomic mass is 10.2. The third kappa shape index (κ3) is 4.74. The zero-order valence-electron chi connectivity index (χ0n) is 15.1. The lowest BCUT2D eigenvalue weighted by Gasteiger charge is -2.04. The molecule has 146 valence electrons. The van der Waals surface area contributed by atoms with Crippen molar-refractivity contribution >= 4 is 15.8 Å². The van der Waals surface area contributed by atoms with Crippen LogP contribution in [0.15, 0.2) is 64.0 Å². The molecule has 3 rings (SSSR count). The van der Waals surface area contributed by atoms with E-state index in [0.717, 1.165) is 0 Å². The summed E-state index contributed by atoms with van der Waals surface area (Å²) in [6, 6.07) is 15.1. The van der Waals surface area contributed by atoms with Crippen LogP contribution in [0.4, 0.5) is 0 Å². The van der Waals surface area contributed by atoms with Crippen LogP contribution < -0.4 is 4.74 Å². The molecule has 0 N–H and O–H groups in total. The van der Waals surface area contributed by atoms with E-state index in [2.05, 4.69) is 10.1 Å². The van der Waals surface area contributed by atoms with Gasteiger partial charge in [0.2, 0.25) is 5.82 Å². The molecule has 28 heavy (non-hydrogen) atoms. The maximum atomic E-state index is 12.2. The van der Waals surface area contributed by atoms with Crippen molar-refractivity contribution in [2.45, 2.75) is 17.9 Å². The maximum absolute atomic E-state index is 12.2. The molecule has 0 saturated heterocycles. The molecule has 2 aromatic carbocycles. The summed E-state index contributed by atoms with van der Waals surface area (Å²) in [6.45, 7) is -0.244. The van der Waals surface area contributed by atoms with Crippen LogP contribution in [-0.4, -0.2) is 37.4 Å². The Morgan fingerprint density at radius 3 is 2.54 bits per heavy atom. The molecule has 9 heteroatoms. The number of carbonyl (C=O) groups is 1. The van der Waals surface area contributed by atoms with Crippen LogP contribution in [0.5, 0.6) is 5.75 Å². The van der Waals surface area contributed by atoms with Crippen molar-refractivity contribution in [1.82, 2.24) is 10.1 Å². The van der Waals surface area contributed by atoms with E-state index >= 15 is 0 Å². The molecule has 0 amide bonds. The van der Waals surface area contributed by atoms with Gasteiger partial charge in [-0.15, -0.1) is 0 Å². The molecule has 8 nitrogen and oxygen atoms in total. The number of benzene rings is 2. The van der Waals surface area contributed by atoms with Gasteiger partial charge in [-0.2, -0.15) is 4.98 Å². The summed E-state index contributed by atoms with van der Waals surface area (Å²) >= 11 is 0. The number of aromatic nitrogens is 2. The minimum Gasteiger partial charge on any atom is -0.496 e. The second-order valence-corrected chi connectivity index (χ2v) is 7.86. The van der Waals surface area contributed by atoms with Crippen LogP contribution >= 0.6 is 0 Å². The zero-order valence-corrected chi connectivity index (χ0v) is 15.9. The number of hydrogen-bond donors (Lipinski definition) is 0. The van der Waals surface area contributed by atoms with Crippen molar-refractivity contribution in [3.05, 3.63) is 60.5 Å². The second-order valence-electron chi connectivity index (χ2n) is 5.75. The fourth-order valence-corrected chi connectivity index (χ4v) is 3.67. The van der Waals surface area contributed by atoms with Gasteiger partial charge in [0, 0.05) is 0 Å². The number of carbonyl (C=O) groups excluding carboxylic acids is 1. The summed E-state index contributed by atoms with van der Waals surface area (Å²) in [5.41, 5.74) is 0.639. The predicted molar refractivity (Wildman–Crippen MR) is 99.2 cm³/mol. The van der Waals surface area contributed by atoms with Crippen molar-refractivity contribution in [3.8, 4) is 17.1 Å². The minimum absolute atomic E-state index is 0.0974. The van der Waals surface area contributed by atoms with Gasteiger partial charge >= 0.3 is 5.97 Å². The van der Waals surface area contributed by atoms with E-state index in [1.165, 1.54) is 19.2 Å². The predicted octanol–water partition coefficient (Wildman–Crippen LogP) is 2.65. The van der Waals surface area contributed by atoms with Gasteiger partial charge in [-0.25, -0.2) is 8.42 Å². The van der Waals surface area contributed by atoms with Gasteiger partial charge in [0.05, 0.1) is 29.7 Å². The van der Waals surface area contributed by atoms with Gasteiger partial charge in [0.1, 0.15) is 5.75 Å². The van der Waals surface area contributed by atoms with Crippen LogP contribution in [0.25, 0.3) is 11.4 Å². The topological polar surface area (TPSA) is 109 Å². The molecule has 0 bridgehead atoms. The number of para-hydroxylation sites is 1. The third-order valence-electron chi connectivity index (χ3n) is 3.85. The third-order valence-corrected chi connectivity index (χ3v) is 5.58. The summed E-state index contributed by atoms with van der Waals surface area (Å²) in [4.78, 5) is 16.2. The zero-order chi connectivity index (χ0) is 20.0. The van der Waals surface area contributed by atoms with Gasteiger partial charge in [-0.05, 0) is 24.3 Å². The van der Waals surface area contributed by atoms with Crippen molar-refractivity contribution in [1.29, 1.82) is 0 Å². The number of ether oxygens (including phenoxy) is 2. The Balaban J connectivity index is 1.55. The van der Waals surface area contributed by atoms with Crippen molar-refractivity contribution < 1.29 is 27.2 Å². The van der Waals surface area contributed by atoms with Gasteiger partial charge in [0.25, 0.3) is 5.89 Å². The molecule has 1 heterocycles. The molecule has 0 radical (unpaired) electrons. The Hall–Kier alpha value is -3.20. The number of methoxy groups -OCH3 is 1. The molecule has 0 aliphatic heterocycles.